The van der Waals surface area contributed by atoms with Gasteiger partial charge in [-0.2, -0.15) is 13.2 Å². The number of urea groups is 1. The molecule has 0 saturated heterocycles. The molecule has 1 aromatic heterocycles. The van der Waals surface area contributed by atoms with E-state index in [2.05, 4.69) is 20.9 Å². The van der Waals surface area contributed by atoms with E-state index < -0.39 is 22.8 Å². The fraction of sp³-hybridized carbons (Fsp3) is 0.0870. The van der Waals surface area contributed by atoms with Crippen molar-refractivity contribution in [3.8, 4) is 11.4 Å². The van der Waals surface area contributed by atoms with Crippen molar-refractivity contribution >= 4 is 29.0 Å². The molecule has 7 nitrogen and oxygen atoms in total. The second-order valence-corrected chi connectivity index (χ2v) is 7.49. The molecule has 4 aromatic rings. The van der Waals surface area contributed by atoms with Crippen LogP contribution in [0.3, 0.4) is 0 Å². The van der Waals surface area contributed by atoms with Gasteiger partial charge in [-0.3, -0.25) is 0 Å². The van der Waals surface area contributed by atoms with Gasteiger partial charge in [0, 0.05) is 17.4 Å². The number of para-hydroxylation sites is 1. The largest absolute Gasteiger partial charge is 0.487 e. The summed E-state index contributed by atoms with van der Waals surface area (Å²) in [7, 11) is 0. The summed E-state index contributed by atoms with van der Waals surface area (Å²) in [6.45, 7) is 0.146. The van der Waals surface area contributed by atoms with Crippen molar-refractivity contribution in [2.45, 2.75) is 12.8 Å². The number of alkyl halides is 3. The number of benzene rings is 3. The average Bonchev–Trinajstić information content (AvgIpc) is 3.28. The van der Waals surface area contributed by atoms with Crippen LogP contribution in [0.2, 0.25) is 5.02 Å². The first kappa shape index (κ1) is 23.1. The average molecular weight is 488 g/mol. The summed E-state index contributed by atoms with van der Waals surface area (Å²) < 4.78 is 46.4. The number of hydrogen-bond acceptors (Lipinski definition) is 4. The molecule has 0 aliphatic heterocycles. The third-order valence-corrected chi connectivity index (χ3v) is 4.90. The molecule has 1 heterocycles. The van der Waals surface area contributed by atoms with Crippen LogP contribution in [-0.2, 0) is 12.8 Å². The number of aromatic nitrogens is 3. The summed E-state index contributed by atoms with van der Waals surface area (Å²) in [5.74, 6) is 0.456. The molecule has 11 heteroatoms. The van der Waals surface area contributed by atoms with Crippen LogP contribution >= 0.6 is 11.6 Å². The van der Waals surface area contributed by atoms with Gasteiger partial charge in [-0.25, -0.2) is 9.48 Å². The number of amides is 2. The molecule has 0 aliphatic carbocycles. The zero-order valence-corrected chi connectivity index (χ0v) is 18.1. The van der Waals surface area contributed by atoms with E-state index in [1.165, 1.54) is 6.07 Å². The van der Waals surface area contributed by atoms with Gasteiger partial charge in [-0.05, 0) is 42.5 Å². The molecule has 0 spiro atoms. The van der Waals surface area contributed by atoms with Crippen molar-refractivity contribution in [1.29, 1.82) is 0 Å². The maximum absolute atomic E-state index is 13.0. The highest BCUT2D eigenvalue weighted by Gasteiger charge is 2.33. The van der Waals surface area contributed by atoms with E-state index in [0.29, 0.717) is 17.1 Å². The third-order valence-electron chi connectivity index (χ3n) is 4.57. The van der Waals surface area contributed by atoms with Crippen molar-refractivity contribution in [2.24, 2.45) is 0 Å². The molecule has 34 heavy (non-hydrogen) atoms. The van der Waals surface area contributed by atoms with E-state index in [1.807, 2.05) is 30.3 Å². The molecule has 0 radical (unpaired) electrons. The number of anilines is 2. The highest BCUT2D eigenvalue weighted by molar-refractivity contribution is 6.31. The zero-order chi connectivity index (χ0) is 24.1. The monoisotopic (exact) mass is 487 g/mol. The minimum absolute atomic E-state index is 0.0527. The van der Waals surface area contributed by atoms with E-state index in [1.54, 1.807) is 35.1 Å². The molecule has 0 unspecified atom stereocenters. The van der Waals surface area contributed by atoms with E-state index in [4.69, 9.17) is 16.3 Å². The maximum Gasteiger partial charge on any atom is 0.417 e. The van der Waals surface area contributed by atoms with Crippen LogP contribution in [0.5, 0.6) is 5.75 Å². The first-order chi connectivity index (χ1) is 16.3. The van der Waals surface area contributed by atoms with Crippen LogP contribution < -0.4 is 15.4 Å². The lowest BCUT2D eigenvalue weighted by molar-refractivity contribution is -0.137. The maximum atomic E-state index is 13.0. The molecule has 4 rings (SSSR count). The highest BCUT2D eigenvalue weighted by Crippen LogP contribution is 2.36. The van der Waals surface area contributed by atoms with Gasteiger partial charge in [0.05, 0.1) is 22.5 Å². The summed E-state index contributed by atoms with van der Waals surface area (Å²) >= 11 is 5.60. The molecule has 0 saturated carbocycles. The number of halogens is 4. The summed E-state index contributed by atoms with van der Waals surface area (Å²) in [6, 6.07) is 18.4. The number of rotatable bonds is 6. The topological polar surface area (TPSA) is 81.1 Å². The van der Waals surface area contributed by atoms with Crippen LogP contribution in [0.25, 0.3) is 5.69 Å². The minimum atomic E-state index is -4.64. The molecule has 0 atom stereocenters. The number of carbonyl (C=O) groups excluding carboxylic acids is 1. The molecule has 2 N–H and O–H groups in total. The van der Waals surface area contributed by atoms with E-state index >= 15 is 0 Å². The first-order valence-corrected chi connectivity index (χ1v) is 10.3. The van der Waals surface area contributed by atoms with Crippen molar-refractivity contribution in [2.75, 3.05) is 10.6 Å². The standard InChI is InChI=1S/C23H17ClF3N5O2/c24-21-10-9-16(12-20(21)23(25,26)27)29-22(33)28-15-5-4-8-19(11-15)34-14-17-13-32(31-30-17)18-6-2-1-3-7-18/h1-13H,14H2,(H2,28,29,33). The predicted octanol–water partition coefficient (Wildman–Crippen LogP) is 6.16. The molecule has 174 valence electrons. The Hall–Kier alpha value is -4.05. The normalized spacial score (nSPS) is 11.2. The van der Waals surface area contributed by atoms with E-state index in [-0.39, 0.29) is 12.3 Å². The lowest BCUT2D eigenvalue weighted by Gasteiger charge is -2.13. The minimum Gasteiger partial charge on any atom is -0.487 e. The Balaban J connectivity index is 1.36. The fourth-order valence-electron chi connectivity index (χ4n) is 3.01. The number of nitrogens with one attached hydrogen (secondary N) is 2. The smallest absolute Gasteiger partial charge is 0.417 e. The second kappa shape index (κ2) is 9.84. The van der Waals surface area contributed by atoms with Crippen molar-refractivity contribution < 1.29 is 22.7 Å². The molecule has 0 fully saturated rings. The lowest BCUT2D eigenvalue weighted by atomic mass is 10.2. The predicted molar refractivity (Wildman–Crippen MR) is 121 cm³/mol. The van der Waals surface area contributed by atoms with Gasteiger partial charge in [-0.15, -0.1) is 5.10 Å². The first-order valence-electron chi connectivity index (χ1n) is 9.92. The van der Waals surface area contributed by atoms with Crippen molar-refractivity contribution in [3.05, 3.63) is 95.3 Å². The summed E-state index contributed by atoms with van der Waals surface area (Å²) in [5, 5.41) is 12.6. The molecular formula is C23H17ClF3N5O2. The molecular weight excluding hydrogens is 471 g/mol. The quantitative estimate of drug-likeness (QED) is 0.341. The molecule has 0 bridgehead atoms. The summed E-state index contributed by atoms with van der Waals surface area (Å²) in [5.41, 5.74) is 0.757. The number of carbonyl (C=O) groups is 1. The van der Waals surface area contributed by atoms with Gasteiger partial charge in [0.2, 0.25) is 0 Å². The fourth-order valence-corrected chi connectivity index (χ4v) is 3.23. The SMILES string of the molecule is O=C(Nc1cccc(OCc2cn(-c3ccccc3)nn2)c1)Nc1ccc(Cl)c(C(F)(F)F)c1. The van der Waals surface area contributed by atoms with E-state index in [0.717, 1.165) is 17.8 Å². The Labute approximate surface area is 197 Å². The molecule has 0 aliphatic rings. The summed E-state index contributed by atoms with van der Waals surface area (Å²) in [6.07, 6.45) is -2.89. The van der Waals surface area contributed by atoms with Gasteiger partial charge >= 0.3 is 12.2 Å². The Morgan fingerprint density at radius 3 is 2.44 bits per heavy atom. The number of hydrogen-bond donors (Lipinski definition) is 2. The Kier molecular flexibility index (Phi) is 6.69. The van der Waals surface area contributed by atoms with Crippen LogP contribution in [0, 0.1) is 0 Å². The van der Waals surface area contributed by atoms with Crippen LogP contribution in [0.4, 0.5) is 29.3 Å². The van der Waals surface area contributed by atoms with E-state index in [9.17, 15) is 18.0 Å². The van der Waals surface area contributed by atoms with Crippen molar-refractivity contribution in [3.63, 3.8) is 0 Å². The molecule has 3 aromatic carbocycles. The Bertz CT molecular complexity index is 1300. The zero-order valence-electron chi connectivity index (χ0n) is 17.4. The van der Waals surface area contributed by atoms with Gasteiger partial charge < -0.3 is 15.4 Å². The Morgan fingerprint density at radius 2 is 1.71 bits per heavy atom. The van der Waals surface area contributed by atoms with Gasteiger partial charge in [0.15, 0.2) is 0 Å². The lowest BCUT2D eigenvalue weighted by Crippen LogP contribution is -2.20. The second-order valence-electron chi connectivity index (χ2n) is 7.08. The highest BCUT2D eigenvalue weighted by atomic mass is 35.5. The van der Waals surface area contributed by atoms with Crippen molar-refractivity contribution in [1.82, 2.24) is 15.0 Å². The summed E-state index contributed by atoms with van der Waals surface area (Å²) in [4.78, 5) is 12.3. The van der Waals surface area contributed by atoms with Crippen LogP contribution in [-0.4, -0.2) is 21.0 Å². The van der Waals surface area contributed by atoms with Gasteiger partial charge in [0.1, 0.15) is 18.1 Å². The molecule has 2 amide bonds. The number of nitrogens with zero attached hydrogens (tertiary/aromatic N) is 3. The number of ether oxygens (including phenoxy) is 1. The Morgan fingerprint density at radius 1 is 0.971 bits per heavy atom. The van der Waals surface area contributed by atoms with Crippen LogP contribution in [0.15, 0.2) is 79.0 Å². The van der Waals surface area contributed by atoms with Gasteiger partial charge in [-0.1, -0.05) is 41.1 Å². The third kappa shape index (κ3) is 5.84. The van der Waals surface area contributed by atoms with Gasteiger partial charge in [0.25, 0.3) is 0 Å². The van der Waals surface area contributed by atoms with Crippen LogP contribution in [0.1, 0.15) is 11.3 Å².